The molecule has 4 aromatic carbocycles. The number of fused-ring (bicyclic) bond motifs is 2. The first-order valence-corrected chi connectivity index (χ1v) is 21.5. The number of aliphatic hydroxyl groups is 2. The predicted molar refractivity (Wildman–Crippen MR) is 205 cm³/mol. The van der Waals surface area contributed by atoms with Gasteiger partial charge in [-0.1, -0.05) is 52.0 Å². The number of aryl methyl sites for hydroxylation is 4. The van der Waals surface area contributed by atoms with E-state index < -0.39 is 21.0 Å². The first-order valence-electron chi connectivity index (χ1n) is 18.3. The van der Waals surface area contributed by atoms with E-state index in [9.17, 15) is 19.3 Å². The Morgan fingerprint density at radius 3 is 1.49 bits per heavy atom. The molecule has 2 aliphatic heterocycles. The van der Waals surface area contributed by atoms with Crippen LogP contribution in [0, 0.1) is 0 Å². The van der Waals surface area contributed by atoms with E-state index >= 15 is 0 Å². The summed E-state index contributed by atoms with van der Waals surface area (Å²) in [6.45, 7) is 9.71. The standard InChI is InChI=1S/C40H48O11P2/c1-6-26-11-15-30(34(23-26)49-32-17-13-28(8-3)37-39(32)52(37,43)47-21-19-41)46-25-36(45-10-5)51-31-16-12-27(7-2)24-35(31)50-33-18-14-29(9-4)38-40(33)53(38,44)48-22-20-42/h11-18,23-24,36,41-42H,6-10,19-22,25H2,1-5H3. The Bertz CT molecular complexity index is 2050. The summed E-state index contributed by atoms with van der Waals surface area (Å²) in [5, 5.41) is 21.1. The van der Waals surface area contributed by atoms with E-state index in [0.717, 1.165) is 35.1 Å². The lowest BCUT2D eigenvalue weighted by atomic mass is 10.1. The minimum absolute atomic E-state index is 0.0135. The van der Waals surface area contributed by atoms with Gasteiger partial charge in [-0.3, -0.25) is 9.13 Å². The summed E-state index contributed by atoms with van der Waals surface area (Å²) >= 11 is 0. The predicted octanol–water partition coefficient (Wildman–Crippen LogP) is 6.44. The van der Waals surface area contributed by atoms with Gasteiger partial charge in [0.25, 0.3) is 14.7 Å². The van der Waals surface area contributed by atoms with Gasteiger partial charge in [-0.15, -0.1) is 0 Å². The molecule has 11 nitrogen and oxygen atoms in total. The van der Waals surface area contributed by atoms with E-state index in [0.29, 0.717) is 75.2 Å². The summed E-state index contributed by atoms with van der Waals surface area (Å²) in [4.78, 5) is 0. The Balaban J connectivity index is 1.24. The van der Waals surface area contributed by atoms with Crippen LogP contribution in [-0.2, 0) is 48.6 Å². The average Bonchev–Trinajstić information content (AvgIpc) is 4.02. The highest BCUT2D eigenvalue weighted by Crippen LogP contribution is 2.61. The van der Waals surface area contributed by atoms with Gasteiger partial charge in [-0.2, -0.15) is 0 Å². The molecule has 0 radical (unpaired) electrons. The molecule has 0 amide bonds. The fourth-order valence-corrected chi connectivity index (χ4v) is 11.5. The molecule has 0 aromatic heterocycles. The minimum Gasteiger partial charge on any atom is -0.483 e. The summed E-state index contributed by atoms with van der Waals surface area (Å²) in [6, 6.07) is 18.7. The van der Waals surface area contributed by atoms with Gasteiger partial charge in [0.15, 0.2) is 29.6 Å². The van der Waals surface area contributed by atoms with Crippen LogP contribution in [0.25, 0.3) is 0 Å². The quantitative estimate of drug-likeness (QED) is 0.0716. The van der Waals surface area contributed by atoms with Crippen LogP contribution in [0.4, 0.5) is 0 Å². The van der Waals surface area contributed by atoms with Crippen molar-refractivity contribution in [3.63, 3.8) is 0 Å². The molecule has 4 aromatic rings. The Hall–Kier alpha value is -3.66. The summed E-state index contributed by atoms with van der Waals surface area (Å²) in [7, 11) is -6.48. The van der Waals surface area contributed by atoms with Crippen molar-refractivity contribution in [1.29, 1.82) is 0 Å². The van der Waals surface area contributed by atoms with Gasteiger partial charge >= 0.3 is 0 Å². The molecule has 6 rings (SSSR count). The maximum atomic E-state index is 13.7. The number of rotatable bonds is 21. The second kappa shape index (κ2) is 16.8. The van der Waals surface area contributed by atoms with E-state index in [4.69, 9.17) is 32.7 Å². The van der Waals surface area contributed by atoms with Crippen LogP contribution in [0.3, 0.4) is 0 Å². The molecule has 2 heterocycles. The molecule has 0 aliphatic carbocycles. The molecule has 2 N–H and O–H groups in total. The van der Waals surface area contributed by atoms with Crippen molar-refractivity contribution in [3.8, 4) is 34.5 Å². The van der Waals surface area contributed by atoms with Gasteiger partial charge in [0.05, 0.1) is 47.6 Å². The van der Waals surface area contributed by atoms with E-state index in [1.54, 1.807) is 12.1 Å². The lowest BCUT2D eigenvalue weighted by molar-refractivity contribution is -0.0980. The maximum absolute atomic E-state index is 13.7. The molecular formula is C40H48O11P2. The van der Waals surface area contributed by atoms with E-state index in [1.165, 1.54) is 0 Å². The van der Waals surface area contributed by atoms with Gasteiger partial charge in [-0.05, 0) is 91.3 Å². The van der Waals surface area contributed by atoms with Crippen LogP contribution in [0.2, 0.25) is 0 Å². The lowest BCUT2D eigenvalue weighted by Gasteiger charge is -2.22. The smallest absolute Gasteiger partial charge is 0.267 e. The number of ether oxygens (including phenoxy) is 5. The second-order valence-corrected chi connectivity index (χ2v) is 17.1. The third-order valence-corrected chi connectivity index (χ3v) is 14.1. The first-order chi connectivity index (χ1) is 25.7. The molecule has 3 unspecified atom stereocenters. The van der Waals surface area contributed by atoms with Crippen molar-refractivity contribution in [2.24, 2.45) is 0 Å². The molecule has 0 saturated carbocycles. The van der Waals surface area contributed by atoms with Crippen molar-refractivity contribution in [3.05, 3.63) is 82.9 Å². The van der Waals surface area contributed by atoms with Crippen molar-refractivity contribution in [1.82, 2.24) is 0 Å². The first kappa shape index (κ1) is 39.0. The zero-order valence-electron chi connectivity index (χ0n) is 30.9. The fourth-order valence-electron chi connectivity index (χ4n) is 6.40. The third-order valence-electron chi connectivity index (χ3n) is 9.22. The van der Waals surface area contributed by atoms with Gasteiger partial charge in [0.2, 0.25) is 6.29 Å². The molecule has 53 heavy (non-hydrogen) atoms. The van der Waals surface area contributed by atoms with Crippen LogP contribution in [0.5, 0.6) is 34.5 Å². The third kappa shape index (κ3) is 7.94. The van der Waals surface area contributed by atoms with Crippen molar-refractivity contribution >= 4 is 36.0 Å². The summed E-state index contributed by atoms with van der Waals surface area (Å²) in [5.41, 5.74) is 3.89. The fraction of sp³-hybridized carbons (Fsp3) is 0.400. The number of hydrogen-bond donors (Lipinski definition) is 2. The molecule has 13 heteroatoms. The molecule has 3 atom stereocenters. The largest absolute Gasteiger partial charge is 0.483 e. The Morgan fingerprint density at radius 1 is 0.566 bits per heavy atom. The monoisotopic (exact) mass is 766 g/mol. The average molecular weight is 767 g/mol. The molecule has 0 bridgehead atoms. The van der Waals surface area contributed by atoms with Gasteiger partial charge in [-0.25, -0.2) is 0 Å². The summed E-state index contributed by atoms with van der Waals surface area (Å²) < 4.78 is 70.3. The van der Waals surface area contributed by atoms with Crippen LogP contribution in [-0.4, -0.2) is 56.1 Å². The molecule has 0 spiro atoms. The van der Waals surface area contributed by atoms with Gasteiger partial charge in [0.1, 0.15) is 11.5 Å². The van der Waals surface area contributed by atoms with Crippen molar-refractivity contribution < 1.29 is 52.1 Å². The van der Waals surface area contributed by atoms with Crippen LogP contribution in [0.1, 0.15) is 56.9 Å². The van der Waals surface area contributed by atoms with Crippen LogP contribution < -0.4 is 40.2 Å². The Morgan fingerprint density at radius 2 is 1.04 bits per heavy atom. The number of benzene rings is 4. The normalized spacial score (nSPS) is 18.5. The Kier molecular flexibility index (Phi) is 12.4. The zero-order chi connectivity index (χ0) is 37.8. The van der Waals surface area contributed by atoms with Gasteiger partial charge < -0.3 is 42.9 Å². The Labute approximate surface area is 311 Å². The van der Waals surface area contributed by atoms with Gasteiger partial charge in [0, 0.05) is 6.61 Å². The van der Waals surface area contributed by atoms with Crippen molar-refractivity contribution in [2.45, 2.75) is 66.6 Å². The molecule has 2 aliphatic rings. The minimum atomic E-state index is -3.24. The molecule has 0 saturated heterocycles. The SMILES string of the molecule is CCOC(COc1ccc(CC)cc1Oc1ccc(CC)c2c1P2(=O)OCCO)Oc1ccc(CC)cc1Oc1ccc(CC)c2c1P2(=O)OCCO. The highest BCUT2D eigenvalue weighted by atomic mass is 31.2. The number of hydrogen-bond acceptors (Lipinski definition) is 11. The molecule has 284 valence electrons. The highest BCUT2D eigenvalue weighted by Gasteiger charge is 2.54. The van der Waals surface area contributed by atoms with Crippen LogP contribution in [0.15, 0.2) is 60.7 Å². The highest BCUT2D eigenvalue weighted by molar-refractivity contribution is 7.86. The maximum Gasteiger partial charge on any atom is 0.267 e. The van der Waals surface area contributed by atoms with E-state index in [2.05, 4.69) is 0 Å². The summed E-state index contributed by atoms with van der Waals surface area (Å²) in [6.07, 6.45) is 2.03. The van der Waals surface area contributed by atoms with E-state index in [1.807, 2.05) is 83.1 Å². The number of aliphatic hydroxyl groups excluding tert-OH is 2. The van der Waals surface area contributed by atoms with Crippen LogP contribution >= 0.6 is 14.7 Å². The zero-order valence-corrected chi connectivity index (χ0v) is 32.7. The second-order valence-electron chi connectivity index (χ2n) is 12.6. The van der Waals surface area contributed by atoms with Crippen molar-refractivity contribution in [2.75, 3.05) is 39.6 Å². The molecular weight excluding hydrogens is 718 g/mol. The summed E-state index contributed by atoms with van der Waals surface area (Å²) in [5.74, 6) is 2.53. The molecule has 0 fully saturated rings. The van der Waals surface area contributed by atoms with E-state index in [-0.39, 0.29) is 33.0 Å². The topological polar surface area (TPSA) is 139 Å². The lowest BCUT2D eigenvalue weighted by Crippen LogP contribution is -2.28.